The summed E-state index contributed by atoms with van der Waals surface area (Å²) in [5.41, 5.74) is 0.121. The largest absolute Gasteiger partial charge is 0.494 e. The molecule has 4 nitrogen and oxygen atoms in total. The summed E-state index contributed by atoms with van der Waals surface area (Å²) >= 11 is 0. The van der Waals surface area contributed by atoms with E-state index in [2.05, 4.69) is 6.92 Å². The normalized spacial score (nSPS) is 10.8. The van der Waals surface area contributed by atoms with E-state index in [0.29, 0.717) is 23.5 Å². The summed E-state index contributed by atoms with van der Waals surface area (Å²) in [5.74, 6) is -5.39. The van der Waals surface area contributed by atoms with Gasteiger partial charge in [0.2, 0.25) is 5.82 Å². The lowest BCUT2D eigenvalue weighted by atomic mass is 10.0. The zero-order chi connectivity index (χ0) is 27.9. The number of ether oxygens (including phenoxy) is 3. The Morgan fingerprint density at radius 2 is 1.21 bits per heavy atom. The quantitative estimate of drug-likeness (QED) is 0.0881. The summed E-state index contributed by atoms with van der Waals surface area (Å²) in [4.78, 5) is 12.6. The van der Waals surface area contributed by atoms with Crippen molar-refractivity contribution in [3.8, 4) is 39.5 Å². The molecule has 0 spiro atoms. The molecule has 4 aromatic rings. The van der Waals surface area contributed by atoms with Crippen molar-refractivity contribution in [3.63, 3.8) is 0 Å². The van der Waals surface area contributed by atoms with Crippen molar-refractivity contribution >= 4 is 5.97 Å². The maximum Gasteiger partial charge on any atom is 0.346 e. The van der Waals surface area contributed by atoms with Gasteiger partial charge in [0.05, 0.1) is 18.8 Å². The molecule has 4 rings (SSSR count). The first-order valence-corrected chi connectivity index (χ1v) is 12.5. The van der Waals surface area contributed by atoms with Crippen LogP contribution in [0.25, 0.3) is 22.3 Å². The highest BCUT2D eigenvalue weighted by atomic mass is 19.2. The predicted octanol–water partition coefficient (Wildman–Crippen LogP) is 8.37. The van der Waals surface area contributed by atoms with Gasteiger partial charge in [0.15, 0.2) is 23.2 Å². The van der Waals surface area contributed by atoms with Crippen molar-refractivity contribution in [1.82, 2.24) is 0 Å². The number of benzene rings is 4. The van der Waals surface area contributed by atoms with Crippen LogP contribution < -0.4 is 14.2 Å². The minimum absolute atomic E-state index is 0.0121. The Bertz CT molecular complexity index is 1450. The standard InChI is InChI=1S/C31H26F4O4/c1-3-5-18-38-21-10-6-19(7-11-21)23-14-15-25(29(34)27(23)32)31(36)39-22-12-8-20(9-13-22)24-16-17-26(37-4-2)30(35)28(24)33/h6-17H,3-5,18H2,1-2H3. The second-order valence-electron chi connectivity index (χ2n) is 8.60. The van der Waals surface area contributed by atoms with Gasteiger partial charge in [0.25, 0.3) is 0 Å². The zero-order valence-corrected chi connectivity index (χ0v) is 21.4. The number of carbonyl (C=O) groups is 1. The van der Waals surface area contributed by atoms with Crippen molar-refractivity contribution in [2.45, 2.75) is 26.7 Å². The molecule has 0 aliphatic heterocycles. The second-order valence-corrected chi connectivity index (χ2v) is 8.60. The lowest BCUT2D eigenvalue weighted by Crippen LogP contribution is -2.12. The van der Waals surface area contributed by atoms with E-state index in [0.717, 1.165) is 18.9 Å². The van der Waals surface area contributed by atoms with Crippen molar-refractivity contribution in [2.24, 2.45) is 0 Å². The highest BCUT2D eigenvalue weighted by Gasteiger charge is 2.22. The first-order valence-electron chi connectivity index (χ1n) is 12.5. The Balaban J connectivity index is 1.48. The Morgan fingerprint density at radius 3 is 1.79 bits per heavy atom. The summed E-state index contributed by atoms with van der Waals surface area (Å²) in [6.07, 6.45) is 1.90. The van der Waals surface area contributed by atoms with E-state index in [4.69, 9.17) is 14.2 Å². The van der Waals surface area contributed by atoms with Gasteiger partial charge < -0.3 is 14.2 Å². The van der Waals surface area contributed by atoms with Crippen LogP contribution in [-0.4, -0.2) is 19.2 Å². The van der Waals surface area contributed by atoms with Crippen molar-refractivity contribution in [1.29, 1.82) is 0 Å². The van der Waals surface area contributed by atoms with Crippen LogP contribution in [0.2, 0.25) is 0 Å². The van der Waals surface area contributed by atoms with Gasteiger partial charge in [0.1, 0.15) is 11.5 Å². The summed E-state index contributed by atoms with van der Waals surface area (Å²) in [6, 6.07) is 17.2. The summed E-state index contributed by atoms with van der Waals surface area (Å²) < 4.78 is 74.3. The average Bonchev–Trinajstić information content (AvgIpc) is 2.94. The van der Waals surface area contributed by atoms with Gasteiger partial charge in [-0.2, -0.15) is 4.39 Å². The van der Waals surface area contributed by atoms with E-state index in [1.807, 2.05) is 0 Å². The van der Waals surface area contributed by atoms with Crippen LogP contribution in [0, 0.1) is 23.3 Å². The SMILES string of the molecule is CCCCOc1ccc(-c2ccc(C(=O)Oc3ccc(-c4ccc(OCC)c(F)c4F)cc3)c(F)c2F)cc1. The van der Waals surface area contributed by atoms with Crippen molar-refractivity contribution < 1.29 is 36.6 Å². The van der Waals surface area contributed by atoms with Crippen LogP contribution in [0.4, 0.5) is 17.6 Å². The number of hydrogen-bond donors (Lipinski definition) is 0. The van der Waals surface area contributed by atoms with Gasteiger partial charge >= 0.3 is 5.97 Å². The Kier molecular flexibility index (Phi) is 8.86. The lowest BCUT2D eigenvalue weighted by molar-refractivity contribution is 0.0728. The molecule has 0 aliphatic carbocycles. The molecule has 39 heavy (non-hydrogen) atoms. The smallest absolute Gasteiger partial charge is 0.346 e. The third-order valence-corrected chi connectivity index (χ3v) is 5.96. The molecular formula is C31H26F4O4. The molecule has 0 radical (unpaired) electrons. The molecule has 8 heteroatoms. The molecule has 202 valence electrons. The van der Waals surface area contributed by atoms with Gasteiger partial charge in [-0.25, -0.2) is 18.0 Å². The molecule has 0 aliphatic rings. The number of rotatable bonds is 10. The second kappa shape index (κ2) is 12.5. The molecule has 0 atom stereocenters. The first-order chi connectivity index (χ1) is 18.8. The summed E-state index contributed by atoms with van der Waals surface area (Å²) in [7, 11) is 0. The van der Waals surface area contributed by atoms with E-state index >= 15 is 0 Å². The summed E-state index contributed by atoms with van der Waals surface area (Å²) in [5, 5.41) is 0. The molecule has 0 N–H and O–H groups in total. The van der Waals surface area contributed by atoms with Gasteiger partial charge in [-0.15, -0.1) is 0 Å². The fraction of sp³-hybridized carbons (Fsp3) is 0.194. The maximum absolute atomic E-state index is 14.9. The van der Waals surface area contributed by atoms with Gasteiger partial charge in [-0.1, -0.05) is 43.7 Å². The third-order valence-electron chi connectivity index (χ3n) is 5.96. The third kappa shape index (κ3) is 6.22. The number of unbranched alkanes of at least 4 members (excludes halogenated alkanes) is 1. The molecule has 0 bridgehead atoms. The number of carbonyl (C=O) groups excluding carboxylic acids is 1. The van der Waals surface area contributed by atoms with Crippen LogP contribution in [0.15, 0.2) is 72.8 Å². The summed E-state index contributed by atoms with van der Waals surface area (Å²) in [6.45, 7) is 4.46. The van der Waals surface area contributed by atoms with Gasteiger partial charge in [-0.3, -0.25) is 0 Å². The van der Waals surface area contributed by atoms with Crippen LogP contribution >= 0.6 is 0 Å². The topological polar surface area (TPSA) is 44.8 Å². The van der Waals surface area contributed by atoms with E-state index in [1.165, 1.54) is 42.5 Å². The van der Waals surface area contributed by atoms with Crippen LogP contribution in [-0.2, 0) is 0 Å². The monoisotopic (exact) mass is 538 g/mol. The fourth-order valence-electron chi connectivity index (χ4n) is 3.88. The highest BCUT2D eigenvalue weighted by Crippen LogP contribution is 2.32. The van der Waals surface area contributed by atoms with E-state index in [1.54, 1.807) is 31.2 Å². The molecule has 0 aromatic heterocycles. The molecule has 4 aromatic carbocycles. The molecule has 0 fully saturated rings. The number of hydrogen-bond acceptors (Lipinski definition) is 4. The zero-order valence-electron chi connectivity index (χ0n) is 21.4. The predicted molar refractivity (Wildman–Crippen MR) is 140 cm³/mol. The van der Waals surface area contributed by atoms with E-state index in [-0.39, 0.29) is 29.2 Å². The van der Waals surface area contributed by atoms with Crippen molar-refractivity contribution in [3.05, 3.63) is 102 Å². The first kappa shape index (κ1) is 27.7. The Morgan fingerprint density at radius 1 is 0.641 bits per heavy atom. The number of esters is 1. The van der Waals surface area contributed by atoms with Crippen LogP contribution in [0.5, 0.6) is 17.2 Å². The average molecular weight is 539 g/mol. The molecule has 0 amide bonds. The van der Waals surface area contributed by atoms with Crippen LogP contribution in [0.3, 0.4) is 0 Å². The fourth-order valence-corrected chi connectivity index (χ4v) is 3.88. The van der Waals surface area contributed by atoms with E-state index in [9.17, 15) is 22.4 Å². The maximum atomic E-state index is 14.9. The molecule has 0 saturated heterocycles. The highest BCUT2D eigenvalue weighted by molar-refractivity contribution is 5.92. The van der Waals surface area contributed by atoms with Crippen LogP contribution in [0.1, 0.15) is 37.0 Å². The Hall–Kier alpha value is -4.33. The molecule has 0 unspecified atom stereocenters. The van der Waals surface area contributed by atoms with E-state index < -0.39 is 34.8 Å². The molecule has 0 heterocycles. The molecular weight excluding hydrogens is 512 g/mol. The van der Waals surface area contributed by atoms with Gasteiger partial charge in [0, 0.05) is 11.1 Å². The lowest BCUT2D eigenvalue weighted by Gasteiger charge is -2.11. The number of halogens is 4. The minimum Gasteiger partial charge on any atom is -0.494 e. The van der Waals surface area contributed by atoms with Gasteiger partial charge in [-0.05, 0) is 66.9 Å². The Labute approximate surface area is 223 Å². The van der Waals surface area contributed by atoms with Crippen molar-refractivity contribution in [2.75, 3.05) is 13.2 Å². The molecule has 0 saturated carbocycles. The minimum atomic E-state index is -1.34.